The second-order valence-corrected chi connectivity index (χ2v) is 5.33. The Morgan fingerprint density at radius 2 is 2.00 bits per heavy atom. The minimum Gasteiger partial charge on any atom is -0.321 e. The minimum absolute atomic E-state index is 0.0328. The van der Waals surface area contributed by atoms with E-state index in [1.165, 1.54) is 25.1 Å². The summed E-state index contributed by atoms with van der Waals surface area (Å²) in [5, 5.41) is 2.56. The fraction of sp³-hybridized carbons (Fsp3) is 0.118. The van der Waals surface area contributed by atoms with Crippen LogP contribution in [-0.2, 0) is 6.18 Å². The molecule has 0 radical (unpaired) electrons. The van der Waals surface area contributed by atoms with Gasteiger partial charge in [-0.05, 0) is 42.8 Å². The summed E-state index contributed by atoms with van der Waals surface area (Å²) >= 11 is 0. The molecule has 0 saturated carbocycles. The van der Waals surface area contributed by atoms with Crippen LogP contribution in [0.1, 0.15) is 21.6 Å². The highest BCUT2D eigenvalue weighted by Crippen LogP contribution is 2.32. The molecule has 0 aliphatic heterocycles. The number of hydrogen-bond acceptors (Lipinski definition) is 3. The zero-order valence-corrected chi connectivity index (χ0v) is 13.1. The van der Waals surface area contributed by atoms with E-state index in [4.69, 9.17) is 0 Å². The van der Waals surface area contributed by atoms with Crippen molar-refractivity contribution in [1.82, 2.24) is 14.5 Å². The van der Waals surface area contributed by atoms with Crippen LogP contribution in [0.4, 0.5) is 18.9 Å². The molecule has 3 aromatic rings. The molecule has 2 heterocycles. The summed E-state index contributed by atoms with van der Waals surface area (Å²) in [5.74, 6) is -0.00475. The number of aromatic nitrogens is 3. The number of nitrogens with zero attached hydrogens (tertiary/aromatic N) is 3. The number of pyridine rings is 1. The number of nitrogens with one attached hydrogen (secondary N) is 1. The van der Waals surface area contributed by atoms with Crippen LogP contribution in [0.5, 0.6) is 0 Å². The van der Waals surface area contributed by atoms with E-state index in [0.717, 1.165) is 6.07 Å². The molecule has 25 heavy (non-hydrogen) atoms. The van der Waals surface area contributed by atoms with Crippen molar-refractivity contribution in [1.29, 1.82) is 0 Å². The summed E-state index contributed by atoms with van der Waals surface area (Å²) in [5.41, 5.74) is -0.287. The molecule has 0 aliphatic carbocycles. The molecule has 2 aromatic heterocycles. The maximum absolute atomic E-state index is 12.8. The van der Waals surface area contributed by atoms with Crippen LogP contribution in [-0.4, -0.2) is 20.4 Å². The van der Waals surface area contributed by atoms with Gasteiger partial charge in [0.05, 0.1) is 5.56 Å². The molecule has 3 rings (SSSR count). The molecule has 0 atom stereocenters. The number of amides is 1. The Morgan fingerprint density at radius 1 is 1.20 bits per heavy atom. The van der Waals surface area contributed by atoms with E-state index in [-0.39, 0.29) is 16.9 Å². The van der Waals surface area contributed by atoms with Gasteiger partial charge in [-0.25, -0.2) is 9.97 Å². The van der Waals surface area contributed by atoms with Crippen molar-refractivity contribution in [2.75, 3.05) is 5.32 Å². The molecular weight excluding hydrogens is 333 g/mol. The number of benzene rings is 1. The number of aryl methyl sites for hydroxylation is 1. The molecule has 128 valence electrons. The van der Waals surface area contributed by atoms with Gasteiger partial charge in [-0.15, -0.1) is 0 Å². The largest absolute Gasteiger partial charge is 0.416 e. The fourth-order valence-electron chi connectivity index (χ4n) is 2.34. The van der Waals surface area contributed by atoms with Crippen LogP contribution in [0, 0.1) is 6.92 Å². The topological polar surface area (TPSA) is 59.8 Å². The maximum atomic E-state index is 12.8. The fourth-order valence-corrected chi connectivity index (χ4v) is 2.34. The number of carbonyl (C=O) groups excluding carboxylic acids is 1. The first-order chi connectivity index (χ1) is 11.8. The molecule has 1 amide bonds. The minimum atomic E-state index is -4.42. The number of rotatable bonds is 3. The summed E-state index contributed by atoms with van der Waals surface area (Å²) in [6, 6.07) is 8.33. The Bertz CT molecular complexity index is 905. The van der Waals surface area contributed by atoms with Gasteiger partial charge in [0.15, 0.2) is 0 Å². The van der Waals surface area contributed by atoms with Crippen molar-refractivity contribution in [3.8, 4) is 5.82 Å². The normalized spacial score (nSPS) is 11.4. The Balaban J connectivity index is 1.81. The van der Waals surface area contributed by atoms with E-state index in [1.54, 1.807) is 35.4 Å². The van der Waals surface area contributed by atoms with Gasteiger partial charge >= 0.3 is 6.18 Å². The highest BCUT2D eigenvalue weighted by Gasteiger charge is 2.32. The molecule has 0 fully saturated rings. The van der Waals surface area contributed by atoms with Gasteiger partial charge in [0, 0.05) is 18.1 Å². The Hall–Kier alpha value is -3.16. The van der Waals surface area contributed by atoms with Crippen molar-refractivity contribution >= 4 is 11.6 Å². The van der Waals surface area contributed by atoms with Crippen molar-refractivity contribution in [3.63, 3.8) is 0 Å². The summed E-state index contributed by atoms with van der Waals surface area (Å²) in [4.78, 5) is 20.4. The SMILES string of the molecule is Cc1cc(NC(=O)c2cccc(-n3ccnc3)n2)ccc1C(F)(F)F. The Labute approximate surface area is 141 Å². The zero-order valence-electron chi connectivity index (χ0n) is 13.1. The van der Waals surface area contributed by atoms with E-state index in [1.807, 2.05) is 0 Å². The number of carbonyl (C=O) groups is 1. The molecule has 1 aromatic carbocycles. The highest BCUT2D eigenvalue weighted by atomic mass is 19.4. The van der Waals surface area contributed by atoms with Gasteiger partial charge in [-0.1, -0.05) is 6.07 Å². The molecule has 8 heteroatoms. The van der Waals surface area contributed by atoms with Crippen molar-refractivity contribution < 1.29 is 18.0 Å². The van der Waals surface area contributed by atoms with Gasteiger partial charge in [-0.2, -0.15) is 13.2 Å². The standard InChI is InChI=1S/C17H13F3N4O/c1-11-9-12(5-6-13(11)17(18,19)20)22-16(25)14-3-2-4-15(23-14)24-8-7-21-10-24/h2-10H,1H3,(H,22,25). The molecule has 0 spiro atoms. The van der Waals surface area contributed by atoms with Crippen molar-refractivity contribution in [2.45, 2.75) is 13.1 Å². The molecule has 0 aliphatic rings. The molecule has 0 saturated heterocycles. The lowest BCUT2D eigenvalue weighted by atomic mass is 10.1. The van der Waals surface area contributed by atoms with Crippen LogP contribution in [0.2, 0.25) is 0 Å². The van der Waals surface area contributed by atoms with Crippen LogP contribution >= 0.6 is 0 Å². The average Bonchev–Trinajstić information content (AvgIpc) is 3.08. The van der Waals surface area contributed by atoms with Gasteiger partial charge in [0.2, 0.25) is 0 Å². The second-order valence-electron chi connectivity index (χ2n) is 5.33. The molecule has 1 N–H and O–H groups in total. The van der Waals surface area contributed by atoms with E-state index in [9.17, 15) is 18.0 Å². The Morgan fingerprint density at radius 3 is 2.64 bits per heavy atom. The van der Waals surface area contributed by atoms with E-state index in [0.29, 0.717) is 5.82 Å². The first-order valence-corrected chi connectivity index (χ1v) is 7.29. The quantitative estimate of drug-likeness (QED) is 0.784. The third-order valence-corrected chi connectivity index (χ3v) is 3.53. The number of hydrogen-bond donors (Lipinski definition) is 1. The Kier molecular flexibility index (Phi) is 4.26. The smallest absolute Gasteiger partial charge is 0.321 e. The van der Waals surface area contributed by atoms with Crippen LogP contribution in [0.3, 0.4) is 0 Å². The van der Waals surface area contributed by atoms with Gasteiger partial charge < -0.3 is 5.32 Å². The molecule has 0 unspecified atom stereocenters. The van der Waals surface area contributed by atoms with Gasteiger partial charge in [0.1, 0.15) is 17.8 Å². The lowest BCUT2D eigenvalue weighted by molar-refractivity contribution is -0.138. The number of anilines is 1. The maximum Gasteiger partial charge on any atom is 0.416 e. The lowest BCUT2D eigenvalue weighted by Gasteiger charge is -2.12. The first-order valence-electron chi connectivity index (χ1n) is 7.29. The predicted molar refractivity (Wildman–Crippen MR) is 85.5 cm³/mol. The van der Waals surface area contributed by atoms with Crippen molar-refractivity contribution in [3.05, 3.63) is 71.9 Å². The van der Waals surface area contributed by atoms with E-state index in [2.05, 4.69) is 15.3 Å². The summed E-state index contributed by atoms with van der Waals surface area (Å²) in [6.45, 7) is 1.34. The lowest BCUT2D eigenvalue weighted by Crippen LogP contribution is -2.15. The first kappa shape index (κ1) is 16.7. The average molecular weight is 346 g/mol. The van der Waals surface area contributed by atoms with Crippen LogP contribution in [0.15, 0.2) is 55.1 Å². The number of alkyl halides is 3. The van der Waals surface area contributed by atoms with Gasteiger partial charge in [0.25, 0.3) is 5.91 Å². The summed E-state index contributed by atoms with van der Waals surface area (Å²) in [6.07, 6.45) is 0.388. The summed E-state index contributed by atoms with van der Waals surface area (Å²) < 4.78 is 40.0. The monoisotopic (exact) mass is 346 g/mol. The molecule has 5 nitrogen and oxygen atoms in total. The third kappa shape index (κ3) is 3.68. The van der Waals surface area contributed by atoms with Gasteiger partial charge in [-0.3, -0.25) is 9.36 Å². The number of imidazole rings is 1. The van der Waals surface area contributed by atoms with Crippen LogP contribution < -0.4 is 5.32 Å². The molecular formula is C17H13F3N4O. The predicted octanol–water partition coefficient (Wildman–Crippen LogP) is 3.85. The van der Waals surface area contributed by atoms with E-state index >= 15 is 0 Å². The number of halogens is 3. The highest BCUT2D eigenvalue weighted by molar-refractivity contribution is 6.03. The van der Waals surface area contributed by atoms with Crippen molar-refractivity contribution in [2.24, 2.45) is 0 Å². The molecule has 0 bridgehead atoms. The second kappa shape index (κ2) is 6.39. The zero-order chi connectivity index (χ0) is 18.0. The summed E-state index contributed by atoms with van der Waals surface area (Å²) in [7, 11) is 0. The third-order valence-electron chi connectivity index (χ3n) is 3.53. The van der Waals surface area contributed by atoms with E-state index < -0.39 is 17.6 Å². The van der Waals surface area contributed by atoms with Crippen LogP contribution in [0.25, 0.3) is 5.82 Å².